The molecule has 5 rings (SSSR count). The van der Waals surface area contributed by atoms with Crippen molar-refractivity contribution in [3.8, 4) is 0 Å². The Morgan fingerprint density at radius 3 is 2.11 bits per heavy atom. The zero-order chi connectivity index (χ0) is 28.1. The number of ether oxygens (including phenoxy) is 6. The summed E-state index contributed by atoms with van der Waals surface area (Å²) in [6.45, 7) is 12.9. The minimum atomic E-state index is -2.12. The fourth-order valence-corrected chi connectivity index (χ4v) is 7.65. The lowest BCUT2D eigenvalue weighted by Crippen LogP contribution is -2.69. The second-order valence-corrected chi connectivity index (χ2v) is 11.8. The molecule has 0 amide bonds. The number of rotatable bonds is 3. The lowest BCUT2D eigenvalue weighted by molar-refractivity contribution is -0.226. The number of hydrogen-bond acceptors (Lipinski definition) is 11. The third-order valence-corrected chi connectivity index (χ3v) is 9.61. The Balaban J connectivity index is 1.75. The van der Waals surface area contributed by atoms with Gasteiger partial charge in [0.2, 0.25) is 0 Å². The lowest BCUT2D eigenvalue weighted by Gasteiger charge is -2.54. The van der Waals surface area contributed by atoms with E-state index >= 15 is 0 Å². The summed E-state index contributed by atoms with van der Waals surface area (Å²) in [6, 6.07) is 0. The molecule has 3 heterocycles. The van der Waals surface area contributed by atoms with Gasteiger partial charge in [-0.1, -0.05) is 20.4 Å². The number of esters is 4. The maximum Gasteiger partial charge on any atom is 0.312 e. The molecule has 3 aliphatic heterocycles. The fraction of sp³-hybridized carbons (Fsp3) is 0.769. The average Bonchev–Trinajstić information content (AvgIpc) is 3.73. The molecule has 0 spiro atoms. The van der Waals surface area contributed by atoms with Crippen molar-refractivity contribution in [1.82, 2.24) is 0 Å². The van der Waals surface area contributed by atoms with Gasteiger partial charge in [-0.2, -0.15) is 0 Å². The van der Waals surface area contributed by atoms with Crippen LogP contribution in [-0.4, -0.2) is 88.8 Å². The van der Waals surface area contributed by atoms with Crippen molar-refractivity contribution in [2.45, 2.75) is 101 Å². The average molecular weight is 557 g/mol. The van der Waals surface area contributed by atoms with E-state index in [1.165, 1.54) is 27.7 Å². The van der Waals surface area contributed by atoms with Crippen LogP contribution in [0.3, 0.4) is 0 Å². The molecule has 12 heteroatoms. The molecule has 5 aliphatic rings. The summed E-state index contributed by atoms with van der Waals surface area (Å²) in [5.41, 5.74) is -2.92. The molecule has 3 saturated heterocycles. The molecule has 5 fully saturated rings. The maximum absolute atomic E-state index is 12.9. The highest BCUT2D eigenvalue weighted by atomic mass is 35.5. The summed E-state index contributed by atoms with van der Waals surface area (Å²) in [5.74, 6) is -5.18. The second-order valence-electron chi connectivity index (χ2n) is 11.4. The first-order chi connectivity index (χ1) is 17.6. The highest BCUT2D eigenvalue weighted by Crippen LogP contribution is 2.64. The van der Waals surface area contributed by atoms with Gasteiger partial charge in [0.05, 0.1) is 17.4 Å². The molecule has 0 unspecified atom stereocenters. The van der Waals surface area contributed by atoms with Crippen LogP contribution in [0.25, 0.3) is 0 Å². The molecule has 0 aromatic carbocycles. The van der Waals surface area contributed by atoms with Gasteiger partial charge in [0.15, 0.2) is 11.7 Å². The van der Waals surface area contributed by atoms with Crippen molar-refractivity contribution in [2.24, 2.45) is 23.2 Å². The molecule has 2 saturated carbocycles. The second kappa shape index (κ2) is 8.90. The molecule has 0 radical (unpaired) electrons. The van der Waals surface area contributed by atoms with Crippen LogP contribution < -0.4 is 0 Å². The van der Waals surface area contributed by atoms with Gasteiger partial charge in [-0.25, -0.2) is 0 Å². The number of fused-ring (bicyclic) bond motifs is 5. The molecule has 0 aromatic rings. The van der Waals surface area contributed by atoms with Crippen LogP contribution in [0.15, 0.2) is 12.2 Å². The van der Waals surface area contributed by atoms with E-state index in [0.29, 0.717) is 5.57 Å². The Morgan fingerprint density at radius 1 is 0.947 bits per heavy atom. The van der Waals surface area contributed by atoms with Crippen molar-refractivity contribution in [1.29, 1.82) is 0 Å². The van der Waals surface area contributed by atoms with Gasteiger partial charge in [-0.3, -0.25) is 19.2 Å². The van der Waals surface area contributed by atoms with Gasteiger partial charge in [0.1, 0.15) is 36.6 Å². The fourth-order valence-electron chi connectivity index (χ4n) is 7.28. The van der Waals surface area contributed by atoms with Crippen LogP contribution in [0.4, 0.5) is 0 Å². The van der Waals surface area contributed by atoms with E-state index in [9.17, 15) is 24.3 Å². The van der Waals surface area contributed by atoms with E-state index in [4.69, 9.17) is 40.0 Å². The zero-order valence-electron chi connectivity index (χ0n) is 22.0. The predicted molar refractivity (Wildman–Crippen MR) is 128 cm³/mol. The van der Waals surface area contributed by atoms with Crippen LogP contribution in [0.2, 0.25) is 0 Å². The van der Waals surface area contributed by atoms with E-state index in [-0.39, 0.29) is 0 Å². The summed E-state index contributed by atoms with van der Waals surface area (Å²) in [4.78, 5) is 49.9. The summed E-state index contributed by atoms with van der Waals surface area (Å²) in [6.07, 6.45) is -6.89. The van der Waals surface area contributed by atoms with Gasteiger partial charge < -0.3 is 33.5 Å². The maximum atomic E-state index is 12.9. The SMILES string of the molecule is C=C1[C@H]2O[C@H]2[C@H](OC(C)=O)[C@]2(C)[C@H]([C@@H](C)[C@@H](OC(C)=O)[C@@H]3O[C@@H]32)[C@H](OC(C)=O)[C@]2(O)[C@@H](C)C(=O)O[C@H]2[C@H]1Cl. The molecule has 1 N–H and O–H groups in total. The number of epoxide rings is 2. The molecule has 14 atom stereocenters. The largest absolute Gasteiger partial charge is 0.459 e. The number of carbonyl (C=O) groups is 4. The van der Waals surface area contributed by atoms with E-state index < -0.39 is 107 Å². The van der Waals surface area contributed by atoms with Gasteiger partial charge in [0, 0.05) is 38.0 Å². The Labute approximate surface area is 225 Å². The number of halogens is 1. The third-order valence-electron chi connectivity index (χ3n) is 9.10. The van der Waals surface area contributed by atoms with Crippen molar-refractivity contribution in [2.75, 3.05) is 0 Å². The number of alkyl halides is 1. The van der Waals surface area contributed by atoms with E-state index in [1.807, 2.05) is 6.92 Å². The topological polar surface area (TPSA) is 150 Å². The first-order valence-electron chi connectivity index (χ1n) is 12.7. The molecule has 210 valence electrons. The Kier molecular flexibility index (Phi) is 6.41. The predicted octanol–water partition coefficient (Wildman–Crippen LogP) is 1.06. The van der Waals surface area contributed by atoms with Gasteiger partial charge in [-0.15, -0.1) is 11.6 Å². The molecule has 0 aromatic heterocycles. The van der Waals surface area contributed by atoms with Crippen molar-refractivity contribution < 1.29 is 52.7 Å². The van der Waals surface area contributed by atoms with Gasteiger partial charge in [-0.05, 0) is 12.5 Å². The minimum absolute atomic E-state index is 0.331. The summed E-state index contributed by atoms with van der Waals surface area (Å²) >= 11 is 6.79. The molecule has 38 heavy (non-hydrogen) atoms. The monoisotopic (exact) mass is 556 g/mol. The summed E-state index contributed by atoms with van der Waals surface area (Å²) in [7, 11) is 0. The smallest absolute Gasteiger partial charge is 0.312 e. The normalized spacial score (nSPS) is 50.7. The molecule has 0 bridgehead atoms. The number of aliphatic hydroxyl groups is 1. The Morgan fingerprint density at radius 2 is 1.53 bits per heavy atom. The van der Waals surface area contributed by atoms with Crippen molar-refractivity contribution in [3.05, 3.63) is 12.2 Å². The first-order valence-corrected chi connectivity index (χ1v) is 13.2. The Bertz CT molecular complexity index is 1090. The van der Waals surface area contributed by atoms with Crippen molar-refractivity contribution >= 4 is 35.5 Å². The first kappa shape index (κ1) is 27.4. The van der Waals surface area contributed by atoms with Gasteiger partial charge >= 0.3 is 23.9 Å². The van der Waals surface area contributed by atoms with Crippen LogP contribution in [0, 0.1) is 23.2 Å². The quantitative estimate of drug-likeness (QED) is 0.175. The van der Waals surface area contributed by atoms with Crippen LogP contribution in [0.1, 0.15) is 41.5 Å². The van der Waals surface area contributed by atoms with E-state index in [1.54, 1.807) is 6.92 Å². The van der Waals surface area contributed by atoms with Crippen molar-refractivity contribution in [3.63, 3.8) is 0 Å². The van der Waals surface area contributed by atoms with Crippen LogP contribution >= 0.6 is 11.6 Å². The van der Waals surface area contributed by atoms with E-state index in [0.717, 1.165) is 0 Å². The third kappa shape index (κ3) is 3.80. The highest BCUT2D eigenvalue weighted by molar-refractivity contribution is 6.23. The van der Waals surface area contributed by atoms with Crippen LogP contribution in [-0.2, 0) is 47.6 Å². The van der Waals surface area contributed by atoms with Gasteiger partial charge in [0.25, 0.3) is 0 Å². The minimum Gasteiger partial charge on any atom is -0.459 e. The molecule has 2 aliphatic carbocycles. The van der Waals surface area contributed by atoms with Crippen LogP contribution in [0.5, 0.6) is 0 Å². The number of carbonyl (C=O) groups excluding carboxylic acids is 4. The summed E-state index contributed by atoms with van der Waals surface area (Å²) < 4.78 is 35.1. The summed E-state index contributed by atoms with van der Waals surface area (Å²) in [5, 5.41) is 11.3. The zero-order valence-corrected chi connectivity index (χ0v) is 22.8. The molecular weight excluding hydrogens is 524 g/mol. The van der Waals surface area contributed by atoms with E-state index in [2.05, 4.69) is 6.58 Å². The lowest BCUT2D eigenvalue weighted by atomic mass is 9.53. The Hall–Kier alpha value is -2.21. The number of hydrogen-bond donors (Lipinski definition) is 1. The highest BCUT2D eigenvalue weighted by Gasteiger charge is 2.78. The molecular formula is C26H33ClO11. The molecule has 11 nitrogen and oxygen atoms in total. The standard InChI is InChI=1S/C26H33ClO11/c1-8-14-20(34-12(5)29)26(32)10(3)24(31)38-21(26)15(27)9(2)17-18(36-17)22(35-13(6)30)25(14,7)23-19(37-23)16(8)33-11(4)28/h8,10,14-23,32H,2H2,1,3-7H3/t8-,10+,14-,15+,16-,17-,18-,19+,20+,21+,22+,23+,25+,26-/m1/s1.